The second-order valence-corrected chi connectivity index (χ2v) is 7.25. The number of halogens is 2. The first-order chi connectivity index (χ1) is 10.3. The van der Waals surface area contributed by atoms with Crippen LogP contribution in [0.15, 0.2) is 42.5 Å². The van der Waals surface area contributed by atoms with Crippen molar-refractivity contribution in [2.75, 3.05) is 10.6 Å². The summed E-state index contributed by atoms with van der Waals surface area (Å²) < 4.78 is 0. The van der Waals surface area contributed by atoms with E-state index in [1.54, 1.807) is 18.2 Å². The molecule has 116 valence electrons. The predicted octanol–water partition coefficient (Wildman–Crippen LogP) is 6.10. The molecular weight excluding hydrogens is 335 g/mol. The number of thiocarbonyl (C=S) groups is 1. The van der Waals surface area contributed by atoms with Gasteiger partial charge in [0.2, 0.25) is 0 Å². The SMILES string of the molecule is CC(C)(C)c1ccccc1NC(=S)Nc1cc(Cl)ccc1Cl. The van der Waals surface area contributed by atoms with Crippen LogP contribution in [0.25, 0.3) is 0 Å². The monoisotopic (exact) mass is 352 g/mol. The van der Waals surface area contributed by atoms with Gasteiger partial charge >= 0.3 is 0 Å². The van der Waals surface area contributed by atoms with E-state index in [0.29, 0.717) is 20.8 Å². The van der Waals surface area contributed by atoms with Crippen molar-refractivity contribution >= 4 is 51.9 Å². The number of hydrogen-bond donors (Lipinski definition) is 2. The zero-order chi connectivity index (χ0) is 16.3. The summed E-state index contributed by atoms with van der Waals surface area (Å²) >= 11 is 17.5. The molecule has 2 N–H and O–H groups in total. The summed E-state index contributed by atoms with van der Waals surface area (Å²) in [6, 6.07) is 13.3. The number of anilines is 2. The quantitative estimate of drug-likeness (QED) is 0.638. The van der Waals surface area contributed by atoms with Gasteiger partial charge in [0.25, 0.3) is 0 Å². The van der Waals surface area contributed by atoms with E-state index in [1.165, 1.54) is 5.56 Å². The molecule has 0 atom stereocenters. The van der Waals surface area contributed by atoms with E-state index >= 15 is 0 Å². The van der Waals surface area contributed by atoms with Gasteiger partial charge in [0, 0.05) is 10.7 Å². The lowest BCUT2D eigenvalue weighted by atomic mass is 9.86. The van der Waals surface area contributed by atoms with Crippen LogP contribution in [-0.2, 0) is 5.41 Å². The minimum atomic E-state index is 0.0207. The van der Waals surface area contributed by atoms with Gasteiger partial charge in [0.05, 0.1) is 10.7 Å². The van der Waals surface area contributed by atoms with Gasteiger partial charge in [-0.25, -0.2) is 0 Å². The lowest BCUT2D eigenvalue weighted by Gasteiger charge is -2.23. The second-order valence-electron chi connectivity index (χ2n) is 6.00. The molecule has 0 saturated carbocycles. The smallest absolute Gasteiger partial charge is 0.175 e. The fraction of sp³-hybridized carbons (Fsp3) is 0.235. The molecule has 0 bridgehead atoms. The highest BCUT2D eigenvalue weighted by molar-refractivity contribution is 7.80. The van der Waals surface area contributed by atoms with Crippen LogP contribution in [0, 0.1) is 0 Å². The van der Waals surface area contributed by atoms with Gasteiger partial charge in [-0.3, -0.25) is 0 Å². The summed E-state index contributed by atoms with van der Waals surface area (Å²) in [5, 5.41) is 7.95. The molecule has 0 aromatic heterocycles. The molecule has 0 unspecified atom stereocenters. The van der Waals surface area contributed by atoms with E-state index in [-0.39, 0.29) is 5.41 Å². The summed E-state index contributed by atoms with van der Waals surface area (Å²) in [6.07, 6.45) is 0. The molecular formula is C17H18Cl2N2S. The van der Waals surface area contributed by atoms with E-state index in [4.69, 9.17) is 35.4 Å². The number of hydrogen-bond acceptors (Lipinski definition) is 1. The van der Waals surface area contributed by atoms with Crippen molar-refractivity contribution in [1.29, 1.82) is 0 Å². The van der Waals surface area contributed by atoms with Gasteiger partial charge in [-0.2, -0.15) is 0 Å². The standard InChI is InChI=1S/C17H18Cl2N2S/c1-17(2,3)12-6-4-5-7-14(12)20-16(22)21-15-10-11(18)8-9-13(15)19/h4-10H,1-3H3,(H2,20,21,22). The normalized spacial score (nSPS) is 11.1. The van der Waals surface area contributed by atoms with Gasteiger partial charge in [0.1, 0.15) is 0 Å². The first kappa shape index (κ1) is 17.1. The topological polar surface area (TPSA) is 24.1 Å². The van der Waals surface area contributed by atoms with Crippen molar-refractivity contribution in [2.24, 2.45) is 0 Å². The first-order valence-corrected chi connectivity index (χ1v) is 8.06. The third kappa shape index (κ3) is 4.35. The summed E-state index contributed by atoms with van der Waals surface area (Å²) in [7, 11) is 0. The van der Waals surface area contributed by atoms with E-state index in [2.05, 4.69) is 37.5 Å². The zero-order valence-corrected chi connectivity index (χ0v) is 15.0. The van der Waals surface area contributed by atoms with E-state index < -0.39 is 0 Å². The summed E-state index contributed by atoms with van der Waals surface area (Å²) in [5.74, 6) is 0. The van der Waals surface area contributed by atoms with Crippen molar-refractivity contribution in [3.05, 3.63) is 58.1 Å². The van der Waals surface area contributed by atoms with E-state index in [1.807, 2.05) is 18.2 Å². The summed E-state index contributed by atoms with van der Waals surface area (Å²) in [5.41, 5.74) is 2.87. The van der Waals surface area contributed by atoms with Crippen LogP contribution in [0.3, 0.4) is 0 Å². The van der Waals surface area contributed by atoms with Gasteiger partial charge in [0.15, 0.2) is 5.11 Å². The lowest BCUT2D eigenvalue weighted by molar-refractivity contribution is 0.592. The molecule has 0 aliphatic rings. The fourth-order valence-electron chi connectivity index (χ4n) is 2.12. The van der Waals surface area contributed by atoms with Crippen molar-refractivity contribution in [3.8, 4) is 0 Å². The van der Waals surface area contributed by atoms with Gasteiger partial charge in [-0.15, -0.1) is 0 Å². The Morgan fingerprint density at radius 3 is 2.27 bits per heavy atom. The maximum absolute atomic E-state index is 6.14. The Morgan fingerprint density at radius 1 is 0.955 bits per heavy atom. The molecule has 0 aliphatic heterocycles. The molecule has 0 heterocycles. The van der Waals surface area contributed by atoms with Gasteiger partial charge in [-0.05, 0) is 47.5 Å². The molecule has 2 nitrogen and oxygen atoms in total. The Hall–Kier alpha value is -1.29. The van der Waals surface area contributed by atoms with Gasteiger partial charge in [-0.1, -0.05) is 62.2 Å². The maximum atomic E-state index is 6.14. The molecule has 2 rings (SSSR count). The third-order valence-corrected chi connectivity index (χ3v) is 3.93. The Balaban J connectivity index is 2.18. The molecule has 5 heteroatoms. The summed E-state index contributed by atoms with van der Waals surface area (Å²) in [4.78, 5) is 0. The van der Waals surface area contributed by atoms with Crippen molar-refractivity contribution in [2.45, 2.75) is 26.2 Å². The predicted molar refractivity (Wildman–Crippen MR) is 101 cm³/mol. The van der Waals surface area contributed by atoms with Crippen LogP contribution >= 0.6 is 35.4 Å². The minimum Gasteiger partial charge on any atom is -0.332 e. The number of nitrogens with one attached hydrogen (secondary N) is 2. The Morgan fingerprint density at radius 2 is 1.59 bits per heavy atom. The molecule has 0 saturated heterocycles. The molecule has 22 heavy (non-hydrogen) atoms. The average molecular weight is 353 g/mol. The van der Waals surface area contributed by atoms with Crippen molar-refractivity contribution < 1.29 is 0 Å². The summed E-state index contributed by atoms with van der Waals surface area (Å²) in [6.45, 7) is 6.49. The highest BCUT2D eigenvalue weighted by Gasteiger charge is 2.18. The second kappa shape index (κ2) is 6.86. The van der Waals surface area contributed by atoms with E-state index in [0.717, 1.165) is 5.69 Å². The minimum absolute atomic E-state index is 0.0207. The van der Waals surface area contributed by atoms with Crippen LogP contribution in [-0.4, -0.2) is 5.11 Å². The van der Waals surface area contributed by atoms with Crippen LogP contribution in [0.5, 0.6) is 0 Å². The molecule has 2 aromatic rings. The molecule has 0 amide bonds. The van der Waals surface area contributed by atoms with Crippen LogP contribution in [0.4, 0.5) is 11.4 Å². The number of rotatable bonds is 2. The lowest BCUT2D eigenvalue weighted by Crippen LogP contribution is -2.22. The molecule has 0 radical (unpaired) electrons. The molecule has 0 fully saturated rings. The third-order valence-electron chi connectivity index (χ3n) is 3.16. The van der Waals surface area contributed by atoms with Crippen LogP contribution in [0.2, 0.25) is 10.0 Å². The van der Waals surface area contributed by atoms with E-state index in [9.17, 15) is 0 Å². The molecule has 2 aromatic carbocycles. The average Bonchev–Trinajstić information content (AvgIpc) is 2.42. The Bertz CT molecular complexity index is 693. The number of para-hydroxylation sites is 1. The Kier molecular flexibility index (Phi) is 5.32. The maximum Gasteiger partial charge on any atom is 0.175 e. The fourth-order valence-corrected chi connectivity index (χ4v) is 2.67. The van der Waals surface area contributed by atoms with Crippen molar-refractivity contribution in [3.63, 3.8) is 0 Å². The highest BCUT2D eigenvalue weighted by atomic mass is 35.5. The Labute approximate surface area is 146 Å². The largest absolute Gasteiger partial charge is 0.332 e. The highest BCUT2D eigenvalue weighted by Crippen LogP contribution is 2.30. The zero-order valence-electron chi connectivity index (χ0n) is 12.7. The molecule has 0 aliphatic carbocycles. The molecule has 0 spiro atoms. The van der Waals surface area contributed by atoms with Crippen LogP contribution < -0.4 is 10.6 Å². The first-order valence-electron chi connectivity index (χ1n) is 6.90. The van der Waals surface area contributed by atoms with Gasteiger partial charge < -0.3 is 10.6 Å². The van der Waals surface area contributed by atoms with Crippen LogP contribution in [0.1, 0.15) is 26.3 Å². The number of benzene rings is 2. The van der Waals surface area contributed by atoms with Crippen molar-refractivity contribution in [1.82, 2.24) is 0 Å².